The molecular formula is C14H30N2O. The van der Waals surface area contributed by atoms with Crippen LogP contribution in [0.15, 0.2) is 0 Å². The van der Waals surface area contributed by atoms with E-state index >= 15 is 0 Å². The number of rotatable bonds is 7. The molecule has 1 rings (SSSR count). The molecule has 0 radical (unpaired) electrons. The molecule has 0 amide bonds. The first-order chi connectivity index (χ1) is 8.17. The van der Waals surface area contributed by atoms with Gasteiger partial charge in [-0.15, -0.1) is 0 Å². The van der Waals surface area contributed by atoms with Crippen LogP contribution in [0, 0.1) is 5.92 Å². The second-order valence-electron chi connectivity index (χ2n) is 5.50. The first kappa shape index (κ1) is 14.9. The van der Waals surface area contributed by atoms with E-state index in [1.165, 1.54) is 25.7 Å². The van der Waals surface area contributed by atoms with Crippen molar-refractivity contribution in [3.8, 4) is 0 Å². The number of hydrogen-bond acceptors (Lipinski definition) is 3. The highest BCUT2D eigenvalue weighted by Gasteiger charge is 2.21. The molecule has 102 valence electrons. The first-order valence-electron chi connectivity index (χ1n) is 7.19. The summed E-state index contributed by atoms with van der Waals surface area (Å²) >= 11 is 0. The largest absolute Gasteiger partial charge is 0.377 e. The quantitative estimate of drug-likeness (QED) is 0.744. The molecule has 1 saturated carbocycles. The molecule has 0 aromatic carbocycles. The van der Waals surface area contributed by atoms with Gasteiger partial charge in [0.15, 0.2) is 0 Å². The van der Waals surface area contributed by atoms with Gasteiger partial charge >= 0.3 is 0 Å². The van der Waals surface area contributed by atoms with E-state index in [-0.39, 0.29) is 6.10 Å². The molecule has 0 aromatic heterocycles. The van der Waals surface area contributed by atoms with E-state index in [4.69, 9.17) is 10.5 Å². The zero-order valence-corrected chi connectivity index (χ0v) is 11.8. The molecule has 0 aliphatic heterocycles. The van der Waals surface area contributed by atoms with Crippen LogP contribution in [0.25, 0.3) is 0 Å². The minimum absolute atomic E-state index is 0.241. The summed E-state index contributed by atoms with van der Waals surface area (Å²) in [6, 6.07) is 0.784. The highest BCUT2D eigenvalue weighted by Crippen LogP contribution is 2.26. The van der Waals surface area contributed by atoms with Gasteiger partial charge in [-0.2, -0.15) is 0 Å². The van der Waals surface area contributed by atoms with Crippen LogP contribution >= 0.6 is 0 Å². The summed E-state index contributed by atoms with van der Waals surface area (Å²) in [6.45, 7) is 6.93. The Bertz CT molecular complexity index is 191. The van der Waals surface area contributed by atoms with Gasteiger partial charge in [-0.3, -0.25) is 0 Å². The van der Waals surface area contributed by atoms with E-state index in [1.807, 2.05) is 6.92 Å². The Kier molecular flexibility index (Phi) is 7.09. The van der Waals surface area contributed by atoms with Crippen molar-refractivity contribution < 1.29 is 4.74 Å². The minimum Gasteiger partial charge on any atom is -0.377 e. The molecular weight excluding hydrogens is 212 g/mol. The maximum Gasteiger partial charge on any atom is 0.0709 e. The van der Waals surface area contributed by atoms with Gasteiger partial charge in [0.1, 0.15) is 0 Å². The molecule has 2 N–H and O–H groups in total. The minimum atomic E-state index is 0.241. The average Bonchev–Trinajstić information content (AvgIpc) is 2.35. The Morgan fingerprint density at radius 2 is 1.94 bits per heavy atom. The Labute approximate surface area is 107 Å². The van der Waals surface area contributed by atoms with Gasteiger partial charge in [-0.1, -0.05) is 6.92 Å². The Balaban J connectivity index is 2.21. The molecule has 1 aliphatic carbocycles. The van der Waals surface area contributed by atoms with E-state index in [0.29, 0.717) is 6.54 Å². The average molecular weight is 242 g/mol. The number of nitrogens with two attached hydrogens (primary N) is 1. The molecule has 1 fully saturated rings. The van der Waals surface area contributed by atoms with Gasteiger partial charge in [-0.25, -0.2) is 0 Å². The Morgan fingerprint density at radius 3 is 2.47 bits per heavy atom. The van der Waals surface area contributed by atoms with Crippen LogP contribution in [0.4, 0.5) is 0 Å². The lowest BCUT2D eigenvalue weighted by atomic mass is 9.87. The standard InChI is InChI=1S/C14H30N2O/c1-4-17-14(11-15)9-10-16(3)13-7-5-12(2)6-8-13/h12-14H,4-11,15H2,1-3H3. The fourth-order valence-electron chi connectivity index (χ4n) is 2.72. The second-order valence-corrected chi connectivity index (χ2v) is 5.50. The fraction of sp³-hybridized carbons (Fsp3) is 1.00. The highest BCUT2D eigenvalue weighted by molar-refractivity contribution is 4.77. The second kappa shape index (κ2) is 8.06. The van der Waals surface area contributed by atoms with Crippen LogP contribution in [0.1, 0.15) is 46.0 Å². The van der Waals surface area contributed by atoms with Crippen molar-refractivity contribution in [2.75, 3.05) is 26.7 Å². The third kappa shape index (κ3) is 5.36. The topological polar surface area (TPSA) is 38.5 Å². The van der Waals surface area contributed by atoms with Crippen LogP contribution in [0.5, 0.6) is 0 Å². The molecule has 17 heavy (non-hydrogen) atoms. The lowest BCUT2D eigenvalue weighted by Crippen LogP contribution is -2.37. The van der Waals surface area contributed by atoms with Gasteiger partial charge in [0, 0.05) is 25.7 Å². The molecule has 0 bridgehead atoms. The van der Waals surface area contributed by atoms with Crippen molar-refractivity contribution >= 4 is 0 Å². The normalized spacial score (nSPS) is 27.4. The molecule has 0 heterocycles. The van der Waals surface area contributed by atoms with Gasteiger partial charge in [0.25, 0.3) is 0 Å². The third-order valence-electron chi connectivity index (χ3n) is 4.08. The van der Waals surface area contributed by atoms with E-state index in [9.17, 15) is 0 Å². The smallest absolute Gasteiger partial charge is 0.0709 e. The summed E-state index contributed by atoms with van der Waals surface area (Å²) in [4.78, 5) is 2.51. The monoisotopic (exact) mass is 242 g/mol. The SMILES string of the molecule is CCOC(CN)CCN(C)C1CCC(C)CC1. The number of nitrogens with zero attached hydrogens (tertiary/aromatic N) is 1. The predicted octanol–water partition coefficient (Wildman–Crippen LogP) is 2.25. The fourth-order valence-corrected chi connectivity index (χ4v) is 2.72. The van der Waals surface area contributed by atoms with E-state index in [1.54, 1.807) is 0 Å². The van der Waals surface area contributed by atoms with Crippen LogP contribution in [0.2, 0.25) is 0 Å². The lowest BCUT2D eigenvalue weighted by molar-refractivity contribution is 0.0499. The zero-order valence-electron chi connectivity index (χ0n) is 11.8. The molecule has 0 aromatic rings. The van der Waals surface area contributed by atoms with E-state index in [2.05, 4.69) is 18.9 Å². The molecule has 0 spiro atoms. The van der Waals surface area contributed by atoms with Crippen molar-refractivity contribution in [1.29, 1.82) is 0 Å². The summed E-state index contributed by atoms with van der Waals surface area (Å²) < 4.78 is 5.59. The molecule has 1 unspecified atom stereocenters. The van der Waals surface area contributed by atoms with Crippen LogP contribution in [-0.2, 0) is 4.74 Å². The molecule has 1 atom stereocenters. The highest BCUT2D eigenvalue weighted by atomic mass is 16.5. The summed E-state index contributed by atoms with van der Waals surface area (Å²) in [6.07, 6.45) is 6.80. The van der Waals surface area contributed by atoms with Crippen LogP contribution in [-0.4, -0.2) is 43.8 Å². The third-order valence-corrected chi connectivity index (χ3v) is 4.08. The van der Waals surface area contributed by atoms with Gasteiger partial charge in [-0.05, 0) is 52.0 Å². The van der Waals surface area contributed by atoms with Crippen molar-refractivity contribution in [3.05, 3.63) is 0 Å². The van der Waals surface area contributed by atoms with Crippen molar-refractivity contribution in [2.45, 2.75) is 58.1 Å². The molecule has 3 nitrogen and oxygen atoms in total. The maximum atomic E-state index is 5.70. The first-order valence-corrected chi connectivity index (χ1v) is 7.19. The molecule has 3 heteroatoms. The lowest BCUT2D eigenvalue weighted by Gasteiger charge is -2.34. The molecule has 1 aliphatic rings. The molecule has 0 saturated heterocycles. The van der Waals surface area contributed by atoms with E-state index < -0.39 is 0 Å². The summed E-state index contributed by atoms with van der Waals surface area (Å²) in [7, 11) is 2.25. The number of ether oxygens (including phenoxy) is 1. The predicted molar refractivity (Wildman–Crippen MR) is 73.1 cm³/mol. The number of hydrogen-bond donors (Lipinski definition) is 1. The van der Waals surface area contributed by atoms with Crippen LogP contribution in [0.3, 0.4) is 0 Å². The Morgan fingerprint density at radius 1 is 1.29 bits per heavy atom. The summed E-state index contributed by atoms with van der Waals surface area (Å²) in [5.74, 6) is 0.930. The Hall–Kier alpha value is -0.120. The zero-order chi connectivity index (χ0) is 12.7. The summed E-state index contributed by atoms with van der Waals surface area (Å²) in [5.41, 5.74) is 5.70. The van der Waals surface area contributed by atoms with Crippen LogP contribution < -0.4 is 5.73 Å². The van der Waals surface area contributed by atoms with Gasteiger partial charge < -0.3 is 15.4 Å². The summed E-state index contributed by atoms with van der Waals surface area (Å²) in [5, 5.41) is 0. The van der Waals surface area contributed by atoms with Crippen molar-refractivity contribution in [1.82, 2.24) is 4.90 Å². The maximum absolute atomic E-state index is 5.70. The van der Waals surface area contributed by atoms with Crippen molar-refractivity contribution in [2.24, 2.45) is 11.7 Å². The van der Waals surface area contributed by atoms with Gasteiger partial charge in [0.2, 0.25) is 0 Å². The van der Waals surface area contributed by atoms with E-state index in [0.717, 1.165) is 31.5 Å². The van der Waals surface area contributed by atoms with Crippen molar-refractivity contribution in [3.63, 3.8) is 0 Å². The van der Waals surface area contributed by atoms with Gasteiger partial charge in [0.05, 0.1) is 6.10 Å².